The van der Waals surface area contributed by atoms with Crippen LogP contribution in [0, 0.1) is 0 Å². The van der Waals surface area contributed by atoms with Gasteiger partial charge in [-0.05, 0) is 18.6 Å². The summed E-state index contributed by atoms with van der Waals surface area (Å²) >= 11 is 0. The Bertz CT molecular complexity index is 428. The summed E-state index contributed by atoms with van der Waals surface area (Å²) in [4.78, 5) is 23.0. The quantitative estimate of drug-likeness (QED) is 0.762. The first-order valence-corrected chi connectivity index (χ1v) is 5.30. The van der Waals surface area contributed by atoms with Crippen LogP contribution < -0.4 is 5.32 Å². The lowest BCUT2D eigenvalue weighted by molar-refractivity contribution is -0.142. The van der Waals surface area contributed by atoms with Crippen molar-refractivity contribution >= 4 is 11.9 Å². The molecule has 2 N–H and O–H groups in total. The van der Waals surface area contributed by atoms with Crippen LogP contribution >= 0.6 is 0 Å². The number of rotatable bonds is 5. The third-order valence-corrected chi connectivity index (χ3v) is 2.66. The van der Waals surface area contributed by atoms with Crippen LogP contribution in [0.3, 0.4) is 0 Å². The summed E-state index contributed by atoms with van der Waals surface area (Å²) in [6, 6.07) is 8.48. The topological polar surface area (TPSA) is 66.4 Å². The zero-order chi connectivity index (χ0) is 12.9. The van der Waals surface area contributed by atoms with E-state index in [1.807, 2.05) is 0 Å². The second kappa shape index (κ2) is 5.30. The molecule has 17 heavy (non-hydrogen) atoms. The van der Waals surface area contributed by atoms with E-state index >= 15 is 0 Å². The lowest BCUT2D eigenvalue weighted by atomic mass is 9.96. The summed E-state index contributed by atoms with van der Waals surface area (Å²) in [5.74, 6) is -1.53. The Balaban J connectivity index is 2.93. The SMILES string of the molecule is C=C[C@@](CC)(NC(=O)c1ccccc1)C(=O)O. The molecule has 1 rings (SSSR count). The van der Waals surface area contributed by atoms with Gasteiger partial charge < -0.3 is 10.4 Å². The van der Waals surface area contributed by atoms with Crippen LogP contribution in [0.25, 0.3) is 0 Å². The van der Waals surface area contributed by atoms with Crippen molar-refractivity contribution in [2.75, 3.05) is 0 Å². The Morgan fingerprint density at radius 2 is 2.00 bits per heavy atom. The molecule has 1 atom stereocenters. The van der Waals surface area contributed by atoms with Gasteiger partial charge in [-0.2, -0.15) is 0 Å². The number of hydrogen-bond donors (Lipinski definition) is 2. The third kappa shape index (κ3) is 2.72. The van der Waals surface area contributed by atoms with Crippen molar-refractivity contribution in [1.29, 1.82) is 0 Å². The zero-order valence-electron chi connectivity index (χ0n) is 9.64. The molecule has 0 spiro atoms. The summed E-state index contributed by atoms with van der Waals surface area (Å²) < 4.78 is 0. The fraction of sp³-hybridized carbons (Fsp3) is 0.231. The standard InChI is InChI=1S/C13H15NO3/c1-3-13(4-2,12(16)17)14-11(15)10-8-6-5-7-9-10/h3,5-9H,1,4H2,2H3,(H,14,15)(H,16,17)/t13-/m0/s1. The number of hydrogen-bond acceptors (Lipinski definition) is 2. The Labute approximate surface area is 100.0 Å². The van der Waals surface area contributed by atoms with Gasteiger partial charge in [-0.15, -0.1) is 6.58 Å². The van der Waals surface area contributed by atoms with Crippen molar-refractivity contribution in [2.24, 2.45) is 0 Å². The molecule has 0 unspecified atom stereocenters. The molecule has 4 heteroatoms. The van der Waals surface area contributed by atoms with Crippen LogP contribution in [0.1, 0.15) is 23.7 Å². The number of carboxylic acid groups (broad SMARTS) is 1. The first-order valence-electron chi connectivity index (χ1n) is 5.30. The number of carbonyl (C=O) groups excluding carboxylic acids is 1. The fourth-order valence-corrected chi connectivity index (χ4v) is 1.44. The van der Waals surface area contributed by atoms with Gasteiger partial charge in [0.15, 0.2) is 5.54 Å². The normalized spacial score (nSPS) is 13.5. The summed E-state index contributed by atoms with van der Waals surface area (Å²) in [6.45, 7) is 5.16. The van der Waals surface area contributed by atoms with Crippen molar-refractivity contribution in [2.45, 2.75) is 18.9 Å². The van der Waals surface area contributed by atoms with Gasteiger partial charge in [0.1, 0.15) is 0 Å². The van der Waals surface area contributed by atoms with Crippen molar-refractivity contribution < 1.29 is 14.7 Å². The highest BCUT2D eigenvalue weighted by atomic mass is 16.4. The van der Waals surface area contributed by atoms with Crippen LogP contribution in [0.4, 0.5) is 0 Å². The van der Waals surface area contributed by atoms with E-state index < -0.39 is 17.4 Å². The van der Waals surface area contributed by atoms with E-state index in [2.05, 4.69) is 11.9 Å². The van der Waals surface area contributed by atoms with Gasteiger partial charge in [0.2, 0.25) is 0 Å². The van der Waals surface area contributed by atoms with Crippen LogP contribution in [0.15, 0.2) is 43.0 Å². The van der Waals surface area contributed by atoms with E-state index in [4.69, 9.17) is 5.11 Å². The molecule has 0 aliphatic carbocycles. The van der Waals surface area contributed by atoms with E-state index in [9.17, 15) is 9.59 Å². The molecular weight excluding hydrogens is 218 g/mol. The molecule has 0 fully saturated rings. The molecule has 0 bridgehead atoms. The smallest absolute Gasteiger partial charge is 0.333 e. The molecular formula is C13H15NO3. The molecule has 0 aliphatic heterocycles. The summed E-state index contributed by atoms with van der Waals surface area (Å²) in [7, 11) is 0. The van der Waals surface area contributed by atoms with E-state index in [1.165, 1.54) is 6.08 Å². The number of benzene rings is 1. The maximum atomic E-state index is 11.9. The number of amides is 1. The number of aliphatic carboxylic acids is 1. The first-order chi connectivity index (χ1) is 8.05. The molecule has 0 saturated heterocycles. The highest BCUT2D eigenvalue weighted by Crippen LogP contribution is 2.13. The van der Waals surface area contributed by atoms with Gasteiger partial charge in [0.05, 0.1) is 0 Å². The molecule has 0 saturated carbocycles. The highest BCUT2D eigenvalue weighted by molar-refractivity contribution is 5.98. The van der Waals surface area contributed by atoms with E-state index in [0.29, 0.717) is 5.56 Å². The molecule has 4 nitrogen and oxygen atoms in total. The fourth-order valence-electron chi connectivity index (χ4n) is 1.44. The van der Waals surface area contributed by atoms with Crippen LogP contribution in [0.2, 0.25) is 0 Å². The van der Waals surface area contributed by atoms with Crippen molar-refractivity contribution in [1.82, 2.24) is 5.32 Å². The van der Waals surface area contributed by atoms with E-state index in [1.54, 1.807) is 37.3 Å². The minimum absolute atomic E-state index is 0.240. The lowest BCUT2D eigenvalue weighted by Crippen LogP contribution is -2.52. The molecule has 1 aromatic rings. The van der Waals surface area contributed by atoms with Gasteiger partial charge in [-0.1, -0.05) is 31.2 Å². The Kier molecular flexibility index (Phi) is 4.04. The van der Waals surface area contributed by atoms with Gasteiger partial charge in [0, 0.05) is 5.56 Å². The minimum atomic E-state index is -1.41. The predicted molar refractivity (Wildman–Crippen MR) is 64.8 cm³/mol. The second-order valence-electron chi connectivity index (χ2n) is 3.65. The molecule has 0 heterocycles. The zero-order valence-corrected chi connectivity index (χ0v) is 9.64. The summed E-state index contributed by atoms with van der Waals surface area (Å²) in [5.41, 5.74) is -0.985. The Morgan fingerprint density at radius 1 is 1.41 bits per heavy atom. The van der Waals surface area contributed by atoms with E-state index in [0.717, 1.165) is 0 Å². The molecule has 0 aliphatic rings. The maximum Gasteiger partial charge on any atom is 0.333 e. The third-order valence-electron chi connectivity index (χ3n) is 2.66. The number of carbonyl (C=O) groups is 2. The lowest BCUT2D eigenvalue weighted by Gasteiger charge is -2.25. The van der Waals surface area contributed by atoms with Crippen LogP contribution in [-0.4, -0.2) is 22.5 Å². The van der Waals surface area contributed by atoms with E-state index in [-0.39, 0.29) is 6.42 Å². The Morgan fingerprint density at radius 3 is 2.41 bits per heavy atom. The van der Waals surface area contributed by atoms with Gasteiger partial charge in [-0.3, -0.25) is 4.79 Å². The second-order valence-corrected chi connectivity index (χ2v) is 3.65. The highest BCUT2D eigenvalue weighted by Gasteiger charge is 2.35. The minimum Gasteiger partial charge on any atom is -0.479 e. The molecule has 0 aromatic heterocycles. The van der Waals surface area contributed by atoms with Crippen LogP contribution in [-0.2, 0) is 4.79 Å². The van der Waals surface area contributed by atoms with Crippen molar-refractivity contribution in [3.8, 4) is 0 Å². The Hall–Kier alpha value is -2.10. The van der Waals surface area contributed by atoms with Crippen LogP contribution in [0.5, 0.6) is 0 Å². The predicted octanol–water partition coefficient (Wildman–Crippen LogP) is 1.84. The molecule has 1 amide bonds. The summed E-state index contributed by atoms with van der Waals surface area (Å²) in [6.07, 6.45) is 1.49. The average molecular weight is 233 g/mol. The van der Waals surface area contributed by atoms with Gasteiger partial charge in [0.25, 0.3) is 5.91 Å². The van der Waals surface area contributed by atoms with Crippen molar-refractivity contribution in [3.05, 3.63) is 48.6 Å². The monoisotopic (exact) mass is 233 g/mol. The number of nitrogens with one attached hydrogen (secondary N) is 1. The van der Waals surface area contributed by atoms with Crippen molar-refractivity contribution in [3.63, 3.8) is 0 Å². The summed E-state index contributed by atoms with van der Waals surface area (Å²) in [5, 5.41) is 11.6. The molecule has 1 aromatic carbocycles. The molecule has 90 valence electrons. The number of carboxylic acids is 1. The van der Waals surface area contributed by atoms with Gasteiger partial charge in [-0.25, -0.2) is 4.79 Å². The van der Waals surface area contributed by atoms with Gasteiger partial charge >= 0.3 is 5.97 Å². The molecule has 0 radical (unpaired) electrons. The largest absolute Gasteiger partial charge is 0.479 e. The first kappa shape index (κ1) is 13.0. The average Bonchev–Trinajstić information content (AvgIpc) is 2.36. The maximum absolute atomic E-state index is 11.9.